The smallest absolute Gasteiger partial charge is 0.323 e. The van der Waals surface area contributed by atoms with Gasteiger partial charge < -0.3 is 21.1 Å². The first kappa shape index (κ1) is 14.8. The van der Waals surface area contributed by atoms with Crippen LogP contribution in [0.15, 0.2) is 0 Å². The monoisotopic (exact) mass is 257 g/mol. The van der Waals surface area contributed by atoms with E-state index in [1.165, 1.54) is 4.90 Å². The van der Waals surface area contributed by atoms with Gasteiger partial charge in [-0.05, 0) is 33.6 Å². The minimum Gasteiger partial charge on any atom is -0.459 e. The Balaban J connectivity index is 2.58. The highest BCUT2D eigenvalue weighted by atomic mass is 16.6. The van der Waals surface area contributed by atoms with Gasteiger partial charge in [0.15, 0.2) is 0 Å². The highest BCUT2D eigenvalue weighted by molar-refractivity contribution is 5.77. The molecule has 1 heterocycles. The zero-order chi connectivity index (χ0) is 13.9. The summed E-state index contributed by atoms with van der Waals surface area (Å²) in [6.07, 6.45) is 1.62. The molecule has 2 atom stereocenters. The molecule has 0 bridgehead atoms. The number of primary amides is 1. The largest absolute Gasteiger partial charge is 0.459 e. The second-order valence-corrected chi connectivity index (χ2v) is 5.75. The van der Waals surface area contributed by atoms with Crippen molar-refractivity contribution in [2.75, 3.05) is 13.1 Å². The van der Waals surface area contributed by atoms with Crippen LogP contribution in [0.1, 0.15) is 33.6 Å². The Morgan fingerprint density at radius 2 is 2.00 bits per heavy atom. The number of esters is 1. The minimum absolute atomic E-state index is 0.0823. The topological polar surface area (TPSA) is 98.7 Å². The van der Waals surface area contributed by atoms with E-state index < -0.39 is 23.6 Å². The first-order valence-electron chi connectivity index (χ1n) is 6.23. The lowest BCUT2D eigenvalue weighted by molar-refractivity contribution is -0.158. The van der Waals surface area contributed by atoms with E-state index in [-0.39, 0.29) is 5.92 Å². The fourth-order valence-corrected chi connectivity index (χ4v) is 2.07. The maximum Gasteiger partial charge on any atom is 0.323 e. The molecule has 0 aromatic carbocycles. The number of piperidine rings is 1. The van der Waals surface area contributed by atoms with Crippen molar-refractivity contribution in [3.05, 3.63) is 0 Å². The maximum atomic E-state index is 11.9. The van der Waals surface area contributed by atoms with Crippen molar-refractivity contribution in [2.24, 2.45) is 17.4 Å². The van der Waals surface area contributed by atoms with E-state index in [4.69, 9.17) is 16.2 Å². The van der Waals surface area contributed by atoms with Crippen molar-refractivity contribution in [1.82, 2.24) is 4.90 Å². The number of rotatable bonds is 2. The molecular formula is C12H23N3O3. The van der Waals surface area contributed by atoms with E-state index in [0.717, 1.165) is 12.8 Å². The number of ether oxygens (including phenoxy) is 1. The van der Waals surface area contributed by atoms with Gasteiger partial charge in [-0.3, -0.25) is 4.79 Å². The molecule has 1 rings (SSSR count). The van der Waals surface area contributed by atoms with Crippen LogP contribution in [-0.4, -0.2) is 41.6 Å². The third kappa shape index (κ3) is 4.18. The number of hydrogen-bond acceptors (Lipinski definition) is 4. The van der Waals surface area contributed by atoms with Crippen molar-refractivity contribution in [3.63, 3.8) is 0 Å². The van der Waals surface area contributed by atoms with Crippen LogP contribution >= 0.6 is 0 Å². The molecule has 6 heteroatoms. The van der Waals surface area contributed by atoms with E-state index in [1.54, 1.807) is 20.8 Å². The van der Waals surface area contributed by atoms with Crippen molar-refractivity contribution >= 4 is 12.0 Å². The Morgan fingerprint density at radius 3 is 2.50 bits per heavy atom. The van der Waals surface area contributed by atoms with Crippen LogP contribution < -0.4 is 11.5 Å². The zero-order valence-electron chi connectivity index (χ0n) is 11.3. The van der Waals surface area contributed by atoms with E-state index in [0.29, 0.717) is 13.1 Å². The first-order chi connectivity index (χ1) is 8.20. The molecule has 18 heavy (non-hydrogen) atoms. The van der Waals surface area contributed by atoms with Gasteiger partial charge in [0.1, 0.15) is 11.6 Å². The summed E-state index contributed by atoms with van der Waals surface area (Å²) < 4.78 is 5.25. The van der Waals surface area contributed by atoms with Crippen molar-refractivity contribution in [3.8, 4) is 0 Å². The molecule has 1 fully saturated rings. The Morgan fingerprint density at radius 1 is 1.39 bits per heavy atom. The van der Waals surface area contributed by atoms with Gasteiger partial charge >= 0.3 is 12.0 Å². The zero-order valence-corrected chi connectivity index (χ0v) is 11.3. The average molecular weight is 257 g/mol. The van der Waals surface area contributed by atoms with Crippen molar-refractivity contribution in [2.45, 2.75) is 45.3 Å². The van der Waals surface area contributed by atoms with Gasteiger partial charge in [0, 0.05) is 19.0 Å². The van der Waals surface area contributed by atoms with Gasteiger partial charge in [0.25, 0.3) is 0 Å². The van der Waals surface area contributed by atoms with E-state index >= 15 is 0 Å². The lowest BCUT2D eigenvalue weighted by Crippen LogP contribution is -2.51. The van der Waals surface area contributed by atoms with E-state index in [1.807, 2.05) is 0 Å². The Bertz CT molecular complexity index is 325. The van der Waals surface area contributed by atoms with Gasteiger partial charge in [-0.2, -0.15) is 0 Å². The normalized spacial score (nSPS) is 22.4. The molecule has 2 amide bonds. The molecule has 1 aliphatic heterocycles. The van der Waals surface area contributed by atoms with Crippen LogP contribution in [0.3, 0.4) is 0 Å². The van der Waals surface area contributed by atoms with Crippen LogP contribution in [-0.2, 0) is 9.53 Å². The summed E-state index contributed by atoms with van der Waals surface area (Å²) in [7, 11) is 0. The van der Waals surface area contributed by atoms with Crippen molar-refractivity contribution in [1.29, 1.82) is 0 Å². The molecule has 0 spiro atoms. The Labute approximate surface area is 108 Å². The Hall–Kier alpha value is -1.30. The van der Waals surface area contributed by atoms with Crippen LogP contribution in [0.4, 0.5) is 4.79 Å². The van der Waals surface area contributed by atoms with Crippen LogP contribution in [0.5, 0.6) is 0 Å². The average Bonchev–Trinajstić information content (AvgIpc) is 2.26. The lowest BCUT2D eigenvalue weighted by atomic mass is 9.91. The summed E-state index contributed by atoms with van der Waals surface area (Å²) >= 11 is 0. The lowest BCUT2D eigenvalue weighted by Gasteiger charge is -2.34. The summed E-state index contributed by atoms with van der Waals surface area (Å²) in [6.45, 7) is 6.46. The van der Waals surface area contributed by atoms with Crippen LogP contribution in [0.2, 0.25) is 0 Å². The van der Waals surface area contributed by atoms with Gasteiger partial charge in [-0.15, -0.1) is 0 Å². The third-order valence-electron chi connectivity index (χ3n) is 2.96. The summed E-state index contributed by atoms with van der Waals surface area (Å²) in [5.41, 5.74) is 10.6. The molecule has 1 aliphatic rings. The SMILES string of the molecule is CC(C)(C)OC(=O)C(N)C1CCCN(C(N)=O)C1. The van der Waals surface area contributed by atoms with Crippen LogP contribution in [0, 0.1) is 5.92 Å². The van der Waals surface area contributed by atoms with Gasteiger partial charge in [0.2, 0.25) is 0 Å². The van der Waals surface area contributed by atoms with E-state index in [9.17, 15) is 9.59 Å². The first-order valence-corrected chi connectivity index (χ1v) is 6.23. The number of urea groups is 1. The number of likely N-dealkylation sites (tertiary alicyclic amines) is 1. The third-order valence-corrected chi connectivity index (χ3v) is 2.96. The summed E-state index contributed by atoms with van der Waals surface area (Å²) in [5.74, 6) is -0.500. The van der Waals surface area contributed by atoms with E-state index in [2.05, 4.69) is 0 Å². The Kier molecular flexibility index (Phi) is 4.56. The summed E-state index contributed by atoms with van der Waals surface area (Å²) in [6, 6.07) is -1.16. The maximum absolute atomic E-state index is 11.9. The number of nitrogens with two attached hydrogens (primary N) is 2. The quantitative estimate of drug-likeness (QED) is 0.701. The van der Waals surface area contributed by atoms with Gasteiger partial charge in [-0.1, -0.05) is 0 Å². The fraction of sp³-hybridized carbons (Fsp3) is 0.833. The fourth-order valence-electron chi connectivity index (χ4n) is 2.07. The molecule has 2 unspecified atom stereocenters. The molecule has 104 valence electrons. The summed E-state index contributed by atoms with van der Waals surface area (Å²) in [5, 5.41) is 0. The number of carbonyl (C=O) groups excluding carboxylic acids is 2. The molecule has 0 aliphatic carbocycles. The predicted octanol–water partition coefficient (Wildman–Crippen LogP) is 0.446. The second kappa shape index (κ2) is 5.56. The standard InChI is InChI=1S/C12H23N3O3/c1-12(2,3)18-10(16)9(13)8-5-4-6-15(7-8)11(14)17/h8-9H,4-7,13H2,1-3H3,(H2,14,17). The minimum atomic E-state index is -0.702. The molecule has 0 radical (unpaired) electrons. The van der Waals surface area contributed by atoms with Gasteiger partial charge in [0.05, 0.1) is 0 Å². The molecule has 0 saturated carbocycles. The van der Waals surface area contributed by atoms with Gasteiger partial charge in [-0.25, -0.2) is 4.79 Å². The van der Waals surface area contributed by atoms with Crippen LogP contribution in [0.25, 0.3) is 0 Å². The molecule has 0 aromatic heterocycles. The van der Waals surface area contributed by atoms with Crippen molar-refractivity contribution < 1.29 is 14.3 Å². The predicted molar refractivity (Wildman–Crippen MR) is 67.7 cm³/mol. The molecule has 1 saturated heterocycles. The molecular weight excluding hydrogens is 234 g/mol. The number of nitrogens with zero attached hydrogens (tertiary/aromatic N) is 1. The number of amides is 2. The summed E-state index contributed by atoms with van der Waals surface area (Å²) in [4.78, 5) is 24.5. The molecule has 6 nitrogen and oxygen atoms in total. The molecule has 0 aromatic rings. The highest BCUT2D eigenvalue weighted by Gasteiger charge is 2.33. The number of carbonyl (C=O) groups is 2. The highest BCUT2D eigenvalue weighted by Crippen LogP contribution is 2.20. The number of hydrogen-bond donors (Lipinski definition) is 2. The second-order valence-electron chi connectivity index (χ2n) is 5.75. The molecule has 4 N–H and O–H groups in total.